The van der Waals surface area contributed by atoms with Crippen molar-refractivity contribution in [3.8, 4) is 11.1 Å². The van der Waals surface area contributed by atoms with Crippen LogP contribution in [0.1, 0.15) is 18.3 Å². The van der Waals surface area contributed by atoms with Crippen molar-refractivity contribution >= 4 is 44.9 Å². The number of hydrogen-bond acceptors (Lipinski definition) is 7. The molecule has 0 bridgehead atoms. The van der Waals surface area contributed by atoms with E-state index in [1.54, 1.807) is 11.6 Å². The Hall–Kier alpha value is -3.11. The zero-order chi connectivity index (χ0) is 22.3. The second-order valence-electron chi connectivity index (χ2n) is 7.18. The Labute approximate surface area is 187 Å². The molecule has 0 saturated carbocycles. The third-order valence-electron chi connectivity index (χ3n) is 5.10. The monoisotopic (exact) mass is 454 g/mol. The van der Waals surface area contributed by atoms with E-state index in [9.17, 15) is 9.59 Å². The van der Waals surface area contributed by atoms with E-state index in [4.69, 9.17) is 5.84 Å². The minimum atomic E-state index is -0.522. The van der Waals surface area contributed by atoms with E-state index in [1.165, 1.54) is 11.3 Å². The quantitative estimate of drug-likeness (QED) is 0.272. The minimum Gasteiger partial charge on any atom is -0.334 e. The number of nitrogens with one attached hydrogen (secondary N) is 1. The van der Waals surface area contributed by atoms with Gasteiger partial charge in [-0.15, -0.1) is 11.3 Å². The molecule has 8 nitrogen and oxygen atoms in total. The lowest BCUT2D eigenvalue weighted by Crippen LogP contribution is -2.31. The first-order valence-electron chi connectivity index (χ1n) is 9.60. The lowest BCUT2D eigenvalue weighted by molar-refractivity contribution is -0.115. The smallest absolute Gasteiger partial charge is 0.282 e. The Bertz CT molecular complexity index is 1340. The molecule has 0 aliphatic heterocycles. The van der Waals surface area contributed by atoms with Gasteiger partial charge in [-0.2, -0.15) is 5.10 Å². The van der Waals surface area contributed by atoms with Crippen LogP contribution in [0.25, 0.3) is 21.3 Å². The van der Waals surface area contributed by atoms with Gasteiger partial charge in [0.05, 0.1) is 27.7 Å². The Morgan fingerprint density at radius 3 is 2.61 bits per heavy atom. The van der Waals surface area contributed by atoms with Gasteiger partial charge in [0, 0.05) is 18.0 Å². The highest BCUT2D eigenvalue weighted by Gasteiger charge is 2.22. The lowest BCUT2D eigenvalue weighted by atomic mass is 10.1. The number of fused-ring (bicyclic) bond motifs is 1. The molecule has 0 radical (unpaired) electrons. The van der Waals surface area contributed by atoms with Crippen LogP contribution in [0.5, 0.6) is 0 Å². The number of aromatic nitrogens is 4. The maximum absolute atomic E-state index is 13.0. The Kier molecular flexibility index (Phi) is 5.59. The summed E-state index contributed by atoms with van der Waals surface area (Å²) in [6.07, 6.45) is 0. The first-order chi connectivity index (χ1) is 14.8. The molecule has 10 heteroatoms. The van der Waals surface area contributed by atoms with E-state index >= 15 is 0 Å². The number of nitrogens with two attached hydrogens (primary N) is 1. The molecule has 0 aliphatic rings. The SMILES string of the molecule is Cc1nn(C)c(C)c1NC(=O)C(C)Sc1nc2scc(-c3ccccc3)c2c(=O)n1N. The van der Waals surface area contributed by atoms with Crippen molar-refractivity contribution in [1.29, 1.82) is 0 Å². The number of hydrogen-bond donors (Lipinski definition) is 2. The van der Waals surface area contributed by atoms with Crippen molar-refractivity contribution in [2.24, 2.45) is 7.05 Å². The fourth-order valence-electron chi connectivity index (χ4n) is 3.29. The van der Waals surface area contributed by atoms with Crippen molar-refractivity contribution in [2.45, 2.75) is 31.2 Å². The molecule has 0 fully saturated rings. The summed E-state index contributed by atoms with van der Waals surface area (Å²) in [6, 6.07) is 9.65. The number of carbonyl (C=O) groups excluding carboxylic acids is 1. The number of rotatable bonds is 5. The summed E-state index contributed by atoms with van der Waals surface area (Å²) in [5.41, 5.74) is 3.71. The van der Waals surface area contributed by atoms with E-state index in [2.05, 4.69) is 15.4 Å². The number of anilines is 1. The first kappa shape index (κ1) is 21.1. The van der Waals surface area contributed by atoms with Gasteiger partial charge in [0.15, 0.2) is 5.16 Å². The molecule has 1 atom stereocenters. The predicted octanol–water partition coefficient (Wildman–Crippen LogP) is 3.31. The number of carbonyl (C=O) groups is 1. The summed E-state index contributed by atoms with van der Waals surface area (Å²) in [6.45, 7) is 5.48. The van der Waals surface area contributed by atoms with Crippen LogP contribution in [0.3, 0.4) is 0 Å². The van der Waals surface area contributed by atoms with Gasteiger partial charge in [-0.05, 0) is 26.3 Å². The van der Waals surface area contributed by atoms with Crippen molar-refractivity contribution < 1.29 is 4.79 Å². The van der Waals surface area contributed by atoms with E-state index in [0.29, 0.717) is 21.1 Å². The second kappa shape index (κ2) is 8.20. The molecule has 3 N–H and O–H groups in total. The maximum Gasteiger partial charge on any atom is 0.282 e. The highest BCUT2D eigenvalue weighted by molar-refractivity contribution is 8.00. The number of nitrogen functional groups attached to an aromatic ring is 1. The summed E-state index contributed by atoms with van der Waals surface area (Å²) in [7, 11) is 1.83. The van der Waals surface area contributed by atoms with Gasteiger partial charge >= 0.3 is 0 Å². The van der Waals surface area contributed by atoms with Crippen molar-refractivity contribution in [2.75, 3.05) is 11.2 Å². The molecule has 3 aromatic heterocycles. The van der Waals surface area contributed by atoms with Crippen LogP contribution < -0.4 is 16.7 Å². The average Bonchev–Trinajstić information content (AvgIpc) is 3.28. The maximum atomic E-state index is 13.0. The number of thioether (sulfide) groups is 1. The Balaban J connectivity index is 1.62. The van der Waals surface area contributed by atoms with Crippen LogP contribution in [0, 0.1) is 13.8 Å². The van der Waals surface area contributed by atoms with Crippen LogP contribution in [-0.4, -0.2) is 30.6 Å². The molecule has 4 aromatic rings. The molecule has 160 valence electrons. The van der Waals surface area contributed by atoms with Crippen LogP contribution in [0.2, 0.25) is 0 Å². The average molecular weight is 455 g/mol. The van der Waals surface area contributed by atoms with E-state index in [0.717, 1.165) is 39.0 Å². The summed E-state index contributed by atoms with van der Waals surface area (Å²) < 4.78 is 2.74. The molecule has 31 heavy (non-hydrogen) atoms. The standard InChI is InChI=1S/C21H22N6O2S2/c1-11-17(12(2)26(4)25-11)23-18(28)13(3)31-21-24-19-16(20(29)27(21)22)15(10-30-19)14-8-6-5-7-9-14/h5-10,13H,22H2,1-4H3,(H,23,28). The summed E-state index contributed by atoms with van der Waals surface area (Å²) in [4.78, 5) is 30.9. The van der Waals surface area contributed by atoms with Crippen LogP contribution in [0.15, 0.2) is 45.7 Å². The third kappa shape index (κ3) is 3.84. The third-order valence-corrected chi connectivity index (χ3v) is 7.04. The molecule has 3 heterocycles. The van der Waals surface area contributed by atoms with E-state index in [-0.39, 0.29) is 11.5 Å². The zero-order valence-electron chi connectivity index (χ0n) is 17.5. The number of nitrogens with zero attached hydrogens (tertiary/aromatic N) is 4. The van der Waals surface area contributed by atoms with Gasteiger partial charge in [0.25, 0.3) is 5.56 Å². The van der Waals surface area contributed by atoms with Gasteiger partial charge in [-0.1, -0.05) is 42.1 Å². The van der Waals surface area contributed by atoms with Gasteiger partial charge in [-0.25, -0.2) is 9.66 Å². The highest BCUT2D eigenvalue weighted by Crippen LogP contribution is 2.32. The van der Waals surface area contributed by atoms with Gasteiger partial charge in [0.2, 0.25) is 5.91 Å². The fourth-order valence-corrected chi connectivity index (χ4v) is 5.11. The topological polar surface area (TPSA) is 108 Å². The number of aryl methyl sites for hydroxylation is 2. The summed E-state index contributed by atoms with van der Waals surface area (Å²) in [5, 5.41) is 9.40. The largest absolute Gasteiger partial charge is 0.334 e. The van der Waals surface area contributed by atoms with Crippen LogP contribution >= 0.6 is 23.1 Å². The molecule has 0 spiro atoms. The summed E-state index contributed by atoms with van der Waals surface area (Å²) >= 11 is 2.53. The second-order valence-corrected chi connectivity index (χ2v) is 9.35. The van der Waals surface area contributed by atoms with E-state index in [1.807, 2.05) is 56.6 Å². The summed E-state index contributed by atoms with van der Waals surface area (Å²) in [5.74, 6) is 5.87. The highest BCUT2D eigenvalue weighted by atomic mass is 32.2. The molecular weight excluding hydrogens is 432 g/mol. The van der Waals surface area contributed by atoms with Crippen LogP contribution in [0.4, 0.5) is 5.69 Å². The van der Waals surface area contributed by atoms with Gasteiger partial charge < -0.3 is 11.2 Å². The van der Waals surface area contributed by atoms with Gasteiger partial charge in [-0.3, -0.25) is 14.3 Å². The molecule has 1 amide bonds. The Morgan fingerprint density at radius 2 is 1.97 bits per heavy atom. The van der Waals surface area contributed by atoms with Crippen molar-refractivity contribution in [3.05, 3.63) is 57.5 Å². The number of benzene rings is 1. The minimum absolute atomic E-state index is 0.213. The molecule has 1 unspecified atom stereocenters. The molecular formula is C21H22N6O2S2. The molecule has 1 aromatic carbocycles. The van der Waals surface area contributed by atoms with Crippen molar-refractivity contribution in [1.82, 2.24) is 19.4 Å². The molecule has 0 aliphatic carbocycles. The zero-order valence-corrected chi connectivity index (χ0v) is 19.2. The Morgan fingerprint density at radius 1 is 1.26 bits per heavy atom. The molecule has 4 rings (SSSR count). The van der Waals surface area contributed by atoms with Crippen LogP contribution in [-0.2, 0) is 11.8 Å². The van der Waals surface area contributed by atoms with Gasteiger partial charge in [0.1, 0.15) is 4.83 Å². The number of amides is 1. The first-order valence-corrected chi connectivity index (χ1v) is 11.4. The fraction of sp³-hybridized carbons (Fsp3) is 0.238. The molecule has 0 saturated heterocycles. The predicted molar refractivity (Wildman–Crippen MR) is 126 cm³/mol. The normalized spacial score (nSPS) is 12.3. The van der Waals surface area contributed by atoms with E-state index < -0.39 is 5.25 Å². The van der Waals surface area contributed by atoms with Crippen molar-refractivity contribution in [3.63, 3.8) is 0 Å². The lowest BCUT2D eigenvalue weighted by Gasteiger charge is -2.13. The number of thiophene rings is 1.